The maximum atomic E-state index is 13.2. The van der Waals surface area contributed by atoms with Crippen LogP contribution in [-0.2, 0) is 10.0 Å². The Morgan fingerprint density at radius 3 is 2.46 bits per heavy atom. The molecular formula is C17H20FNO4S. The maximum absolute atomic E-state index is 13.2. The van der Waals surface area contributed by atoms with Crippen LogP contribution < -0.4 is 14.2 Å². The molecule has 0 amide bonds. The van der Waals surface area contributed by atoms with Gasteiger partial charge in [-0.05, 0) is 49.7 Å². The molecular weight excluding hydrogens is 333 g/mol. The lowest BCUT2D eigenvalue weighted by atomic mass is 10.2. The molecule has 0 aliphatic rings. The van der Waals surface area contributed by atoms with Gasteiger partial charge in [0.2, 0.25) is 10.0 Å². The quantitative estimate of drug-likeness (QED) is 0.741. The molecule has 0 saturated heterocycles. The molecule has 0 aromatic heterocycles. The molecule has 0 saturated carbocycles. The van der Waals surface area contributed by atoms with Crippen molar-refractivity contribution in [3.8, 4) is 11.5 Å². The molecule has 0 bridgehead atoms. The van der Waals surface area contributed by atoms with Crippen LogP contribution in [0.1, 0.15) is 12.5 Å². The molecule has 0 unspecified atom stereocenters. The highest BCUT2D eigenvalue weighted by atomic mass is 32.2. The van der Waals surface area contributed by atoms with Crippen LogP contribution in [0.15, 0.2) is 47.4 Å². The largest absolute Gasteiger partial charge is 0.494 e. The Morgan fingerprint density at radius 1 is 1.08 bits per heavy atom. The average Bonchev–Trinajstić information content (AvgIpc) is 2.55. The highest BCUT2D eigenvalue weighted by Gasteiger charge is 2.14. The summed E-state index contributed by atoms with van der Waals surface area (Å²) in [5.41, 5.74) is 0.280. The fourth-order valence-electron chi connectivity index (χ4n) is 2.03. The lowest BCUT2D eigenvalue weighted by molar-refractivity contribution is 0.313. The van der Waals surface area contributed by atoms with Gasteiger partial charge in [0.1, 0.15) is 23.9 Å². The minimum Gasteiger partial charge on any atom is -0.494 e. The number of benzene rings is 2. The van der Waals surface area contributed by atoms with Gasteiger partial charge in [-0.3, -0.25) is 0 Å². The fraction of sp³-hybridized carbons (Fsp3) is 0.294. The lowest BCUT2D eigenvalue weighted by Crippen LogP contribution is -2.28. The molecule has 0 fully saturated rings. The van der Waals surface area contributed by atoms with Crippen LogP contribution in [-0.4, -0.2) is 28.2 Å². The molecule has 0 aliphatic heterocycles. The number of rotatable bonds is 8. The number of halogens is 1. The minimum atomic E-state index is -3.69. The van der Waals surface area contributed by atoms with Crippen molar-refractivity contribution in [3.63, 3.8) is 0 Å². The Morgan fingerprint density at radius 2 is 1.79 bits per heavy atom. The molecule has 0 heterocycles. The molecule has 7 heteroatoms. The van der Waals surface area contributed by atoms with Crippen molar-refractivity contribution in [2.75, 3.05) is 19.8 Å². The summed E-state index contributed by atoms with van der Waals surface area (Å²) in [6, 6.07) is 10.8. The first-order chi connectivity index (χ1) is 11.4. The first-order valence-corrected chi connectivity index (χ1v) is 9.02. The van der Waals surface area contributed by atoms with Gasteiger partial charge >= 0.3 is 0 Å². The van der Waals surface area contributed by atoms with E-state index in [1.807, 2.05) is 13.0 Å². The van der Waals surface area contributed by atoms with Crippen LogP contribution in [0.5, 0.6) is 11.5 Å². The van der Waals surface area contributed by atoms with E-state index in [-0.39, 0.29) is 23.6 Å². The zero-order valence-corrected chi connectivity index (χ0v) is 14.4. The Bertz CT molecular complexity index is 793. The molecule has 0 aliphatic carbocycles. The molecule has 0 radical (unpaired) electrons. The van der Waals surface area contributed by atoms with Gasteiger partial charge in [0.25, 0.3) is 0 Å². The van der Waals surface area contributed by atoms with Crippen LogP contribution in [0, 0.1) is 12.7 Å². The van der Waals surface area contributed by atoms with Crippen molar-refractivity contribution >= 4 is 10.0 Å². The third kappa shape index (κ3) is 4.94. The van der Waals surface area contributed by atoms with Crippen LogP contribution in [0.2, 0.25) is 0 Å². The molecule has 0 spiro atoms. The second kappa shape index (κ2) is 8.12. The topological polar surface area (TPSA) is 64.6 Å². The summed E-state index contributed by atoms with van der Waals surface area (Å²) in [5, 5.41) is 0. The third-order valence-electron chi connectivity index (χ3n) is 3.22. The van der Waals surface area contributed by atoms with Gasteiger partial charge < -0.3 is 9.47 Å². The highest BCUT2D eigenvalue weighted by Crippen LogP contribution is 2.19. The van der Waals surface area contributed by atoms with Crippen LogP contribution >= 0.6 is 0 Å². The van der Waals surface area contributed by atoms with E-state index < -0.39 is 15.8 Å². The molecule has 5 nitrogen and oxygen atoms in total. The Balaban J connectivity index is 1.89. The normalized spacial score (nSPS) is 11.3. The molecule has 2 aromatic rings. The van der Waals surface area contributed by atoms with Gasteiger partial charge in [0.05, 0.1) is 11.5 Å². The average molecular weight is 353 g/mol. The SMILES string of the molecule is CCOc1cccc(OCCNS(=O)(=O)c2ccc(F)c(C)c2)c1. The standard InChI is InChI=1S/C17H20FNO4S/c1-3-22-14-5-4-6-15(12-14)23-10-9-19-24(20,21)16-7-8-17(18)13(2)11-16/h4-8,11-12,19H,3,9-10H2,1-2H3. The zero-order chi connectivity index (χ0) is 17.6. The first kappa shape index (κ1) is 18.2. The van der Waals surface area contributed by atoms with Crippen LogP contribution in [0.3, 0.4) is 0 Å². The Labute approximate surface area is 141 Å². The zero-order valence-electron chi connectivity index (χ0n) is 13.6. The number of sulfonamides is 1. The summed E-state index contributed by atoms with van der Waals surface area (Å²) in [6.07, 6.45) is 0. The van der Waals surface area contributed by atoms with Crippen molar-refractivity contribution < 1.29 is 22.3 Å². The van der Waals surface area contributed by atoms with Crippen molar-refractivity contribution in [1.29, 1.82) is 0 Å². The predicted octanol–water partition coefficient (Wildman–Crippen LogP) is 2.89. The van der Waals surface area contributed by atoms with Gasteiger partial charge in [0, 0.05) is 12.6 Å². The first-order valence-electron chi connectivity index (χ1n) is 7.54. The van der Waals surface area contributed by atoms with E-state index in [0.717, 1.165) is 6.07 Å². The summed E-state index contributed by atoms with van der Waals surface area (Å²) in [6.45, 7) is 4.22. The highest BCUT2D eigenvalue weighted by molar-refractivity contribution is 7.89. The molecule has 2 rings (SSSR count). The molecule has 2 aromatic carbocycles. The summed E-state index contributed by atoms with van der Waals surface area (Å²) in [5.74, 6) is 0.849. The third-order valence-corrected chi connectivity index (χ3v) is 4.68. The van der Waals surface area contributed by atoms with Gasteiger partial charge in [-0.15, -0.1) is 0 Å². The van der Waals surface area contributed by atoms with Gasteiger partial charge in [0.15, 0.2) is 0 Å². The molecule has 24 heavy (non-hydrogen) atoms. The van der Waals surface area contributed by atoms with Crippen molar-refractivity contribution in [1.82, 2.24) is 4.72 Å². The van der Waals surface area contributed by atoms with E-state index >= 15 is 0 Å². The molecule has 1 N–H and O–H groups in total. The Hall–Kier alpha value is -2.12. The van der Waals surface area contributed by atoms with Crippen molar-refractivity contribution in [2.24, 2.45) is 0 Å². The molecule has 0 atom stereocenters. The van der Waals surface area contributed by atoms with E-state index in [1.165, 1.54) is 19.1 Å². The van der Waals surface area contributed by atoms with E-state index in [9.17, 15) is 12.8 Å². The minimum absolute atomic E-state index is 0.0275. The van der Waals surface area contributed by atoms with Gasteiger partial charge in [-0.25, -0.2) is 17.5 Å². The van der Waals surface area contributed by atoms with E-state index in [4.69, 9.17) is 9.47 Å². The lowest BCUT2D eigenvalue weighted by Gasteiger charge is -2.10. The van der Waals surface area contributed by atoms with E-state index in [1.54, 1.807) is 18.2 Å². The van der Waals surface area contributed by atoms with Crippen LogP contribution in [0.25, 0.3) is 0 Å². The van der Waals surface area contributed by atoms with Crippen molar-refractivity contribution in [2.45, 2.75) is 18.7 Å². The smallest absolute Gasteiger partial charge is 0.240 e. The Kier molecular flexibility index (Phi) is 6.16. The fourth-order valence-corrected chi connectivity index (χ4v) is 3.13. The second-order valence-corrected chi connectivity index (χ2v) is 6.83. The van der Waals surface area contributed by atoms with Crippen LogP contribution in [0.4, 0.5) is 4.39 Å². The molecule has 130 valence electrons. The monoisotopic (exact) mass is 353 g/mol. The summed E-state index contributed by atoms with van der Waals surface area (Å²) in [7, 11) is -3.69. The second-order valence-electron chi connectivity index (χ2n) is 5.07. The van der Waals surface area contributed by atoms with E-state index in [2.05, 4.69) is 4.72 Å². The number of ether oxygens (including phenoxy) is 2. The van der Waals surface area contributed by atoms with E-state index in [0.29, 0.717) is 18.1 Å². The maximum Gasteiger partial charge on any atom is 0.240 e. The number of hydrogen-bond acceptors (Lipinski definition) is 4. The summed E-state index contributed by atoms with van der Waals surface area (Å²) < 4.78 is 50.8. The summed E-state index contributed by atoms with van der Waals surface area (Å²) in [4.78, 5) is 0.0275. The van der Waals surface area contributed by atoms with Gasteiger partial charge in [-0.2, -0.15) is 0 Å². The predicted molar refractivity (Wildman–Crippen MR) is 89.4 cm³/mol. The van der Waals surface area contributed by atoms with Crippen molar-refractivity contribution in [3.05, 3.63) is 53.8 Å². The number of aryl methyl sites for hydroxylation is 1. The number of hydrogen-bond donors (Lipinski definition) is 1. The van der Waals surface area contributed by atoms with Gasteiger partial charge in [-0.1, -0.05) is 6.07 Å². The summed E-state index contributed by atoms with van der Waals surface area (Å²) >= 11 is 0. The number of nitrogens with one attached hydrogen (secondary N) is 1.